The van der Waals surface area contributed by atoms with E-state index >= 15 is 0 Å². The summed E-state index contributed by atoms with van der Waals surface area (Å²) in [6, 6.07) is 7.15. The lowest BCUT2D eigenvalue weighted by Crippen LogP contribution is -2.24. The average molecular weight is 251 g/mol. The number of hydrogen-bond donors (Lipinski definition) is 2. The number of oxime groups is 1. The van der Waals surface area contributed by atoms with Gasteiger partial charge in [0.05, 0.1) is 0 Å². The van der Waals surface area contributed by atoms with Gasteiger partial charge in [-0.2, -0.15) is 0 Å². The molecular weight excluding hydrogens is 230 g/mol. The first-order valence-corrected chi connectivity index (χ1v) is 6.06. The Balaban J connectivity index is 2.40. The van der Waals surface area contributed by atoms with Crippen LogP contribution in [-0.4, -0.2) is 42.7 Å². The highest BCUT2D eigenvalue weighted by molar-refractivity contribution is 5.97. The van der Waals surface area contributed by atoms with Crippen molar-refractivity contribution in [2.24, 2.45) is 10.9 Å². The minimum absolute atomic E-state index is 0.101. The van der Waals surface area contributed by atoms with Crippen molar-refractivity contribution in [1.29, 1.82) is 0 Å². The Bertz CT molecular complexity index is 376. The van der Waals surface area contributed by atoms with Crippen LogP contribution in [-0.2, 0) is 0 Å². The third-order valence-corrected chi connectivity index (χ3v) is 2.60. The molecule has 0 atom stereocenters. The molecule has 100 valence electrons. The van der Waals surface area contributed by atoms with E-state index < -0.39 is 0 Å². The second kappa shape index (κ2) is 7.55. The Morgan fingerprint density at radius 2 is 2.00 bits per heavy atom. The summed E-state index contributed by atoms with van der Waals surface area (Å²) in [5, 5.41) is 11.5. The van der Waals surface area contributed by atoms with Crippen LogP contribution in [0.2, 0.25) is 0 Å². The maximum absolute atomic E-state index is 8.54. The monoisotopic (exact) mass is 251 g/mol. The molecule has 0 aromatic heterocycles. The lowest BCUT2D eigenvalue weighted by molar-refractivity contribution is 0.237. The van der Waals surface area contributed by atoms with E-state index in [-0.39, 0.29) is 5.84 Å². The second-order valence-corrected chi connectivity index (χ2v) is 4.16. The zero-order valence-electron chi connectivity index (χ0n) is 11.0. The Kier molecular flexibility index (Phi) is 6.00. The van der Waals surface area contributed by atoms with E-state index in [4.69, 9.17) is 15.7 Å². The van der Waals surface area contributed by atoms with Crippen LogP contribution in [0, 0.1) is 0 Å². The Morgan fingerprint density at radius 3 is 2.56 bits per heavy atom. The number of rotatable bonds is 7. The van der Waals surface area contributed by atoms with Gasteiger partial charge in [-0.05, 0) is 44.3 Å². The Labute approximate surface area is 108 Å². The Morgan fingerprint density at radius 1 is 1.33 bits per heavy atom. The molecule has 1 aromatic rings. The zero-order chi connectivity index (χ0) is 13.4. The lowest BCUT2D eigenvalue weighted by atomic mass is 10.2. The van der Waals surface area contributed by atoms with Crippen LogP contribution in [0.25, 0.3) is 0 Å². The third-order valence-electron chi connectivity index (χ3n) is 2.60. The van der Waals surface area contributed by atoms with E-state index in [2.05, 4.69) is 24.0 Å². The summed E-state index contributed by atoms with van der Waals surface area (Å²) >= 11 is 0. The van der Waals surface area contributed by atoms with Crippen LogP contribution in [0.15, 0.2) is 29.4 Å². The molecule has 0 bridgehead atoms. The van der Waals surface area contributed by atoms with Gasteiger partial charge in [-0.15, -0.1) is 0 Å². The first-order valence-electron chi connectivity index (χ1n) is 6.06. The number of nitrogens with zero attached hydrogens (tertiary/aromatic N) is 2. The number of ether oxygens (including phenoxy) is 1. The van der Waals surface area contributed by atoms with Gasteiger partial charge in [0.15, 0.2) is 5.84 Å². The van der Waals surface area contributed by atoms with Gasteiger partial charge in [-0.3, -0.25) is 0 Å². The molecule has 0 heterocycles. The molecule has 0 amide bonds. The van der Waals surface area contributed by atoms with Crippen molar-refractivity contribution in [1.82, 2.24) is 4.90 Å². The van der Waals surface area contributed by atoms with Gasteiger partial charge in [-0.25, -0.2) is 0 Å². The molecular formula is C13H21N3O2. The molecule has 18 heavy (non-hydrogen) atoms. The van der Waals surface area contributed by atoms with Crippen LogP contribution < -0.4 is 10.5 Å². The van der Waals surface area contributed by atoms with E-state index in [1.807, 2.05) is 12.1 Å². The number of benzene rings is 1. The molecule has 1 aromatic carbocycles. The molecule has 0 aliphatic rings. The summed E-state index contributed by atoms with van der Waals surface area (Å²) < 4.78 is 5.61. The van der Waals surface area contributed by atoms with Crippen molar-refractivity contribution in [3.63, 3.8) is 0 Å². The van der Waals surface area contributed by atoms with Crippen molar-refractivity contribution >= 4 is 5.84 Å². The topological polar surface area (TPSA) is 71.1 Å². The first kappa shape index (κ1) is 14.3. The molecule has 3 N–H and O–H groups in total. The minimum Gasteiger partial charge on any atom is -0.492 e. The summed E-state index contributed by atoms with van der Waals surface area (Å²) in [6.07, 6.45) is 1.14. The van der Waals surface area contributed by atoms with Crippen molar-refractivity contribution in [2.75, 3.05) is 26.7 Å². The molecule has 0 aliphatic carbocycles. The zero-order valence-corrected chi connectivity index (χ0v) is 11.0. The number of hydrogen-bond acceptors (Lipinski definition) is 4. The van der Waals surface area contributed by atoms with Crippen molar-refractivity contribution in [3.05, 3.63) is 29.8 Å². The average Bonchev–Trinajstić information content (AvgIpc) is 2.39. The van der Waals surface area contributed by atoms with Crippen LogP contribution in [0.3, 0.4) is 0 Å². The molecule has 5 heteroatoms. The SMILES string of the molecule is CCCN(C)CCOc1ccc(/C(N)=N/O)cc1. The first-order chi connectivity index (χ1) is 8.67. The Hall–Kier alpha value is -1.75. The van der Waals surface area contributed by atoms with E-state index in [1.165, 1.54) is 0 Å². The van der Waals surface area contributed by atoms with Crippen molar-refractivity contribution < 1.29 is 9.94 Å². The minimum atomic E-state index is 0.101. The number of nitrogens with two attached hydrogens (primary N) is 1. The van der Waals surface area contributed by atoms with E-state index in [9.17, 15) is 0 Å². The van der Waals surface area contributed by atoms with Gasteiger partial charge in [0.1, 0.15) is 12.4 Å². The molecule has 0 aliphatic heterocycles. The normalized spacial score (nSPS) is 11.8. The predicted octanol–water partition coefficient (Wildman–Crippen LogP) is 1.50. The highest BCUT2D eigenvalue weighted by Gasteiger charge is 2.00. The molecule has 0 unspecified atom stereocenters. The number of amidine groups is 1. The largest absolute Gasteiger partial charge is 0.492 e. The maximum atomic E-state index is 8.54. The summed E-state index contributed by atoms with van der Waals surface area (Å²) in [6.45, 7) is 4.78. The molecule has 0 radical (unpaired) electrons. The van der Waals surface area contributed by atoms with Crippen molar-refractivity contribution in [2.45, 2.75) is 13.3 Å². The highest BCUT2D eigenvalue weighted by Crippen LogP contribution is 2.11. The van der Waals surface area contributed by atoms with Gasteiger partial charge < -0.3 is 20.6 Å². The molecule has 1 rings (SSSR count). The van der Waals surface area contributed by atoms with Crippen molar-refractivity contribution in [3.8, 4) is 5.75 Å². The summed E-state index contributed by atoms with van der Waals surface area (Å²) in [5.41, 5.74) is 6.14. The fourth-order valence-corrected chi connectivity index (χ4v) is 1.59. The highest BCUT2D eigenvalue weighted by atomic mass is 16.5. The van der Waals surface area contributed by atoms with Crippen LogP contribution in [0.4, 0.5) is 0 Å². The molecule has 0 saturated carbocycles. The quantitative estimate of drug-likeness (QED) is 0.333. The van der Waals surface area contributed by atoms with E-state index in [0.717, 1.165) is 25.3 Å². The van der Waals surface area contributed by atoms with Gasteiger partial charge in [-0.1, -0.05) is 12.1 Å². The van der Waals surface area contributed by atoms with Gasteiger partial charge in [0, 0.05) is 12.1 Å². The second-order valence-electron chi connectivity index (χ2n) is 4.16. The fourth-order valence-electron chi connectivity index (χ4n) is 1.59. The maximum Gasteiger partial charge on any atom is 0.170 e. The van der Waals surface area contributed by atoms with E-state index in [0.29, 0.717) is 12.2 Å². The smallest absolute Gasteiger partial charge is 0.170 e. The molecule has 5 nitrogen and oxygen atoms in total. The van der Waals surface area contributed by atoms with Gasteiger partial charge in [0.2, 0.25) is 0 Å². The molecule has 0 fully saturated rings. The summed E-state index contributed by atoms with van der Waals surface area (Å²) in [4.78, 5) is 2.23. The van der Waals surface area contributed by atoms with E-state index in [1.54, 1.807) is 12.1 Å². The summed E-state index contributed by atoms with van der Waals surface area (Å²) in [5.74, 6) is 0.888. The molecule has 0 saturated heterocycles. The number of likely N-dealkylation sites (N-methyl/N-ethyl adjacent to an activating group) is 1. The van der Waals surface area contributed by atoms with Gasteiger partial charge >= 0.3 is 0 Å². The third kappa shape index (κ3) is 4.63. The van der Waals surface area contributed by atoms with Gasteiger partial charge in [0.25, 0.3) is 0 Å². The molecule has 0 spiro atoms. The van der Waals surface area contributed by atoms with Crippen LogP contribution in [0.1, 0.15) is 18.9 Å². The standard InChI is InChI=1S/C13H21N3O2/c1-3-8-16(2)9-10-18-12-6-4-11(5-7-12)13(14)15-17/h4-7,17H,3,8-10H2,1-2H3,(H2,14,15). The van der Waals surface area contributed by atoms with Crippen LogP contribution in [0.5, 0.6) is 5.75 Å². The fraction of sp³-hybridized carbons (Fsp3) is 0.462. The summed E-state index contributed by atoms with van der Waals surface area (Å²) in [7, 11) is 2.08. The van der Waals surface area contributed by atoms with Crippen LogP contribution >= 0.6 is 0 Å². The lowest BCUT2D eigenvalue weighted by Gasteiger charge is -2.15. The predicted molar refractivity (Wildman–Crippen MR) is 72.2 cm³/mol.